The van der Waals surface area contributed by atoms with E-state index in [1.807, 2.05) is 0 Å². The Hall–Kier alpha value is -1.06. The minimum atomic E-state index is -0.0317. The van der Waals surface area contributed by atoms with Gasteiger partial charge < -0.3 is 9.47 Å². The molecule has 0 spiro atoms. The lowest BCUT2D eigenvalue weighted by Gasteiger charge is -2.14. The van der Waals surface area contributed by atoms with E-state index in [0.29, 0.717) is 43.8 Å². The number of ether oxygens (including phenoxy) is 2. The van der Waals surface area contributed by atoms with Crippen molar-refractivity contribution in [1.82, 2.24) is 0 Å². The first-order chi connectivity index (χ1) is 15.8. The topological polar surface area (TPSA) is 52.6 Å². The second-order valence-corrected chi connectivity index (χ2v) is 10.7. The van der Waals surface area contributed by atoms with E-state index >= 15 is 0 Å². The molecular formula is C29H56O4. The van der Waals surface area contributed by atoms with Gasteiger partial charge in [0.25, 0.3) is 0 Å². The van der Waals surface area contributed by atoms with Gasteiger partial charge >= 0.3 is 11.9 Å². The highest BCUT2D eigenvalue weighted by Crippen LogP contribution is 2.20. The number of unbranched alkanes of at least 4 members (excludes halogenated alkanes) is 11. The van der Waals surface area contributed by atoms with Gasteiger partial charge in [0, 0.05) is 12.8 Å². The molecule has 0 bridgehead atoms. The molecule has 0 N–H and O–H groups in total. The largest absolute Gasteiger partial charge is 0.465 e. The van der Waals surface area contributed by atoms with E-state index in [0.717, 1.165) is 19.3 Å². The van der Waals surface area contributed by atoms with E-state index in [-0.39, 0.29) is 11.9 Å². The Balaban J connectivity index is 3.39. The minimum Gasteiger partial charge on any atom is -0.465 e. The Bertz CT molecular complexity index is 459. The summed E-state index contributed by atoms with van der Waals surface area (Å²) in [4.78, 5) is 23.3. The Morgan fingerprint density at radius 2 is 0.939 bits per heavy atom. The number of hydrogen-bond acceptors (Lipinski definition) is 4. The van der Waals surface area contributed by atoms with E-state index in [1.165, 1.54) is 77.0 Å². The highest BCUT2D eigenvalue weighted by Gasteiger charge is 2.11. The molecule has 0 aliphatic carbocycles. The zero-order valence-corrected chi connectivity index (χ0v) is 22.8. The average molecular weight is 469 g/mol. The Kier molecular flexibility index (Phi) is 22.0. The van der Waals surface area contributed by atoms with Crippen LogP contribution in [0.5, 0.6) is 0 Å². The van der Waals surface area contributed by atoms with E-state index in [2.05, 4.69) is 34.6 Å². The lowest BCUT2D eigenvalue weighted by atomic mass is 9.93. The molecule has 0 amide bonds. The molecule has 0 aliphatic heterocycles. The lowest BCUT2D eigenvalue weighted by molar-refractivity contribution is -0.145. The van der Waals surface area contributed by atoms with Crippen LogP contribution in [0.15, 0.2) is 0 Å². The fourth-order valence-corrected chi connectivity index (χ4v) is 4.01. The molecule has 1 atom stereocenters. The number of carbonyl (C=O) groups excluding carboxylic acids is 2. The van der Waals surface area contributed by atoms with E-state index < -0.39 is 0 Å². The summed E-state index contributed by atoms with van der Waals surface area (Å²) in [5.74, 6) is 1.45. The van der Waals surface area contributed by atoms with Crippen molar-refractivity contribution in [2.24, 2.45) is 17.8 Å². The molecule has 0 aromatic rings. The van der Waals surface area contributed by atoms with Gasteiger partial charge in [-0.15, -0.1) is 0 Å². The number of carbonyl (C=O) groups is 2. The first-order valence-corrected chi connectivity index (χ1v) is 14.2. The lowest BCUT2D eigenvalue weighted by Crippen LogP contribution is -2.11. The first kappa shape index (κ1) is 31.9. The van der Waals surface area contributed by atoms with Crippen molar-refractivity contribution >= 4 is 11.9 Å². The molecule has 0 aliphatic rings. The van der Waals surface area contributed by atoms with Crippen LogP contribution >= 0.6 is 0 Å². The van der Waals surface area contributed by atoms with Gasteiger partial charge in [0.05, 0.1) is 13.2 Å². The Labute approximate surface area is 206 Å². The summed E-state index contributed by atoms with van der Waals surface area (Å²) in [6.45, 7) is 11.6. The normalized spacial score (nSPS) is 12.3. The molecule has 4 heteroatoms. The third-order valence-corrected chi connectivity index (χ3v) is 6.23. The van der Waals surface area contributed by atoms with E-state index in [4.69, 9.17) is 9.47 Å². The fourth-order valence-electron chi connectivity index (χ4n) is 4.01. The Morgan fingerprint density at radius 3 is 1.36 bits per heavy atom. The van der Waals surface area contributed by atoms with Crippen LogP contribution in [-0.4, -0.2) is 25.2 Å². The van der Waals surface area contributed by atoms with Crippen LogP contribution in [-0.2, 0) is 19.1 Å². The second kappa shape index (κ2) is 22.7. The van der Waals surface area contributed by atoms with Crippen molar-refractivity contribution in [3.05, 3.63) is 0 Å². The van der Waals surface area contributed by atoms with E-state index in [1.54, 1.807) is 0 Å². The summed E-state index contributed by atoms with van der Waals surface area (Å²) in [5.41, 5.74) is 0. The molecule has 0 aromatic heterocycles. The van der Waals surface area contributed by atoms with Gasteiger partial charge in [-0.2, -0.15) is 0 Å². The van der Waals surface area contributed by atoms with Crippen molar-refractivity contribution in [1.29, 1.82) is 0 Å². The highest BCUT2D eigenvalue weighted by atomic mass is 16.5. The van der Waals surface area contributed by atoms with Gasteiger partial charge in [-0.3, -0.25) is 9.59 Å². The predicted octanol–water partition coefficient (Wildman–Crippen LogP) is 8.65. The van der Waals surface area contributed by atoms with E-state index in [9.17, 15) is 9.59 Å². The van der Waals surface area contributed by atoms with Crippen LogP contribution in [0.3, 0.4) is 0 Å². The van der Waals surface area contributed by atoms with Gasteiger partial charge in [0.1, 0.15) is 0 Å². The maximum Gasteiger partial charge on any atom is 0.305 e. The molecule has 0 rings (SSSR count). The molecule has 0 saturated heterocycles. The first-order valence-electron chi connectivity index (χ1n) is 14.2. The smallest absolute Gasteiger partial charge is 0.305 e. The van der Waals surface area contributed by atoms with Crippen molar-refractivity contribution < 1.29 is 19.1 Å². The molecule has 0 fully saturated rings. The molecule has 0 saturated carbocycles. The SMILES string of the molecule is CCC(CCCCCCCCCCCCCCC(=O)OCC(C)C)CCC(=O)OCC(C)C. The highest BCUT2D eigenvalue weighted by molar-refractivity contribution is 5.69. The summed E-state index contributed by atoms with van der Waals surface area (Å²) in [5, 5.41) is 0. The van der Waals surface area contributed by atoms with Gasteiger partial charge in [-0.1, -0.05) is 118 Å². The summed E-state index contributed by atoms with van der Waals surface area (Å²) in [7, 11) is 0. The number of hydrogen-bond donors (Lipinski definition) is 0. The van der Waals surface area contributed by atoms with Crippen LogP contribution < -0.4 is 0 Å². The summed E-state index contributed by atoms with van der Waals surface area (Å²) < 4.78 is 10.5. The quantitative estimate of drug-likeness (QED) is 0.111. The van der Waals surface area contributed by atoms with Crippen LogP contribution in [0, 0.1) is 17.8 Å². The third kappa shape index (κ3) is 23.9. The fraction of sp³-hybridized carbons (Fsp3) is 0.931. The number of esters is 2. The number of rotatable bonds is 23. The summed E-state index contributed by atoms with van der Waals surface area (Å²) in [6, 6.07) is 0. The molecule has 1 unspecified atom stereocenters. The molecular weight excluding hydrogens is 412 g/mol. The van der Waals surface area contributed by atoms with Crippen molar-refractivity contribution in [2.75, 3.05) is 13.2 Å². The van der Waals surface area contributed by atoms with Crippen LogP contribution in [0.1, 0.15) is 144 Å². The van der Waals surface area contributed by atoms with Gasteiger partial charge in [-0.25, -0.2) is 0 Å². The van der Waals surface area contributed by atoms with Crippen molar-refractivity contribution in [3.8, 4) is 0 Å². The van der Waals surface area contributed by atoms with Crippen molar-refractivity contribution in [3.63, 3.8) is 0 Å². The summed E-state index contributed by atoms with van der Waals surface area (Å²) >= 11 is 0. The molecule has 33 heavy (non-hydrogen) atoms. The molecule has 0 radical (unpaired) electrons. The molecule has 4 nitrogen and oxygen atoms in total. The maximum absolute atomic E-state index is 11.8. The third-order valence-electron chi connectivity index (χ3n) is 6.23. The zero-order valence-electron chi connectivity index (χ0n) is 22.8. The molecule has 0 heterocycles. The van der Waals surface area contributed by atoms with Gasteiger partial charge in [-0.05, 0) is 30.6 Å². The summed E-state index contributed by atoms with van der Waals surface area (Å²) in [6.07, 6.45) is 19.9. The van der Waals surface area contributed by atoms with Crippen LogP contribution in [0.2, 0.25) is 0 Å². The van der Waals surface area contributed by atoms with Gasteiger partial charge in [0.2, 0.25) is 0 Å². The second-order valence-electron chi connectivity index (χ2n) is 10.7. The van der Waals surface area contributed by atoms with Crippen molar-refractivity contribution in [2.45, 2.75) is 144 Å². The monoisotopic (exact) mass is 468 g/mol. The zero-order chi connectivity index (χ0) is 24.7. The molecule has 0 aromatic carbocycles. The van der Waals surface area contributed by atoms with Crippen LogP contribution in [0.4, 0.5) is 0 Å². The predicted molar refractivity (Wildman–Crippen MR) is 139 cm³/mol. The van der Waals surface area contributed by atoms with Gasteiger partial charge in [0.15, 0.2) is 0 Å². The average Bonchev–Trinajstić information content (AvgIpc) is 2.78. The Morgan fingerprint density at radius 1 is 0.545 bits per heavy atom. The standard InChI is InChI=1S/C29H56O4/c1-6-27(21-22-29(31)33-24-26(4)5)19-17-15-13-11-9-7-8-10-12-14-16-18-20-28(30)32-23-25(2)3/h25-27H,6-24H2,1-5H3. The van der Waals surface area contributed by atoms with Crippen LogP contribution in [0.25, 0.3) is 0 Å². The molecule has 196 valence electrons. The maximum atomic E-state index is 11.8. The minimum absolute atomic E-state index is 0.0241.